The number of nitrogens with zero attached hydrogens (tertiary/aromatic N) is 1. The molecule has 9 heteroatoms. The van der Waals surface area contributed by atoms with E-state index in [-0.39, 0.29) is 10.0 Å². The van der Waals surface area contributed by atoms with Crippen molar-refractivity contribution in [1.29, 1.82) is 0 Å². The van der Waals surface area contributed by atoms with Crippen LogP contribution in [0.4, 0.5) is 18.9 Å². The Labute approximate surface area is 206 Å². The molecule has 0 radical (unpaired) electrons. The summed E-state index contributed by atoms with van der Waals surface area (Å²) in [6.07, 6.45) is -2.88. The zero-order valence-electron chi connectivity index (χ0n) is 16.8. The first-order valence-electron chi connectivity index (χ1n) is 9.64. The van der Waals surface area contributed by atoms with Gasteiger partial charge in [-0.15, -0.1) is 0 Å². The summed E-state index contributed by atoms with van der Waals surface area (Å²) in [6, 6.07) is 19.6. The number of thiocarbonyl (C=S) groups is 1. The Bertz CT molecular complexity index is 1250. The average molecular weight is 550 g/mol. The third kappa shape index (κ3) is 5.48. The average Bonchev–Trinajstić information content (AvgIpc) is 3.06. The number of amides is 1. The van der Waals surface area contributed by atoms with Gasteiger partial charge in [0.15, 0.2) is 4.32 Å². The van der Waals surface area contributed by atoms with Crippen molar-refractivity contribution in [2.45, 2.75) is 12.8 Å². The lowest BCUT2D eigenvalue weighted by molar-refractivity contribution is -0.137. The zero-order chi connectivity index (χ0) is 23.6. The zero-order valence-corrected chi connectivity index (χ0v) is 20.0. The maximum absolute atomic E-state index is 13.1. The van der Waals surface area contributed by atoms with Crippen LogP contribution in [0.15, 0.2) is 82.2 Å². The van der Waals surface area contributed by atoms with E-state index in [2.05, 4.69) is 15.9 Å². The molecule has 0 aliphatic carbocycles. The summed E-state index contributed by atoms with van der Waals surface area (Å²) in [5, 5.41) is 0. The van der Waals surface area contributed by atoms with Crippen molar-refractivity contribution >= 4 is 61.9 Å². The third-order valence-corrected chi connectivity index (χ3v) is 6.52. The van der Waals surface area contributed by atoms with E-state index >= 15 is 0 Å². The number of carbonyl (C=O) groups excluding carboxylic acids is 1. The lowest BCUT2D eigenvalue weighted by atomic mass is 10.1. The Kier molecular flexibility index (Phi) is 6.92. The molecule has 1 saturated heterocycles. The van der Waals surface area contributed by atoms with E-state index in [4.69, 9.17) is 17.0 Å². The molecule has 1 aliphatic rings. The Morgan fingerprint density at radius 2 is 1.79 bits per heavy atom. The number of ether oxygens (including phenoxy) is 1. The van der Waals surface area contributed by atoms with Gasteiger partial charge in [0.2, 0.25) is 0 Å². The first kappa shape index (κ1) is 23.5. The highest BCUT2D eigenvalue weighted by Crippen LogP contribution is 2.39. The van der Waals surface area contributed by atoms with E-state index in [9.17, 15) is 18.0 Å². The van der Waals surface area contributed by atoms with Gasteiger partial charge in [0.05, 0.1) is 16.2 Å². The normalized spacial score (nSPS) is 15.4. The maximum atomic E-state index is 13.1. The highest BCUT2D eigenvalue weighted by atomic mass is 79.9. The molecule has 0 N–H and O–H groups in total. The Morgan fingerprint density at radius 1 is 1.03 bits per heavy atom. The van der Waals surface area contributed by atoms with Crippen LogP contribution in [-0.4, -0.2) is 10.2 Å². The molecule has 3 aromatic rings. The standard InChI is InChI=1S/C24H15BrF3NO2S2/c25-18-9-10-20(31-14-15-5-2-1-3-6-15)16(11-18)12-21-22(30)29(23(32)33-21)19-8-4-7-17(13-19)24(26,27)28/h1-13H,14H2/b21-12+. The quantitative estimate of drug-likeness (QED) is 0.244. The van der Waals surface area contributed by atoms with Crippen molar-refractivity contribution in [2.24, 2.45) is 0 Å². The monoisotopic (exact) mass is 549 g/mol. The topological polar surface area (TPSA) is 29.5 Å². The number of hydrogen-bond acceptors (Lipinski definition) is 4. The van der Waals surface area contributed by atoms with Crippen LogP contribution in [-0.2, 0) is 17.6 Å². The van der Waals surface area contributed by atoms with Crippen molar-refractivity contribution in [3.05, 3.63) is 98.9 Å². The van der Waals surface area contributed by atoms with Crippen LogP contribution in [0.5, 0.6) is 5.75 Å². The fourth-order valence-corrected chi connectivity index (χ4v) is 4.82. The molecule has 1 heterocycles. The lowest BCUT2D eigenvalue weighted by Crippen LogP contribution is -2.27. The van der Waals surface area contributed by atoms with Gasteiger partial charge in [-0.25, -0.2) is 0 Å². The van der Waals surface area contributed by atoms with Crippen molar-refractivity contribution in [2.75, 3.05) is 4.90 Å². The molecule has 168 valence electrons. The summed E-state index contributed by atoms with van der Waals surface area (Å²) < 4.78 is 46.3. The molecule has 3 aromatic carbocycles. The van der Waals surface area contributed by atoms with E-state index in [0.717, 1.165) is 38.8 Å². The van der Waals surface area contributed by atoms with Crippen molar-refractivity contribution < 1.29 is 22.7 Å². The fraction of sp³-hybridized carbons (Fsp3) is 0.0833. The van der Waals surface area contributed by atoms with Crippen LogP contribution >= 0.6 is 39.9 Å². The summed E-state index contributed by atoms with van der Waals surface area (Å²) in [4.78, 5) is 14.5. The van der Waals surface area contributed by atoms with Crippen LogP contribution in [0.1, 0.15) is 16.7 Å². The van der Waals surface area contributed by atoms with Crippen LogP contribution < -0.4 is 9.64 Å². The molecular formula is C24H15BrF3NO2S2. The van der Waals surface area contributed by atoms with Gasteiger partial charge < -0.3 is 4.74 Å². The Morgan fingerprint density at radius 3 is 2.52 bits per heavy atom. The molecule has 1 amide bonds. The second-order valence-electron chi connectivity index (χ2n) is 7.02. The van der Waals surface area contributed by atoms with Gasteiger partial charge in [0.1, 0.15) is 12.4 Å². The van der Waals surface area contributed by atoms with Gasteiger partial charge in [-0.3, -0.25) is 9.69 Å². The summed E-state index contributed by atoms with van der Waals surface area (Å²) >= 11 is 9.76. The first-order valence-corrected chi connectivity index (χ1v) is 11.7. The summed E-state index contributed by atoms with van der Waals surface area (Å²) in [5.41, 5.74) is 0.860. The molecule has 0 unspecified atom stereocenters. The van der Waals surface area contributed by atoms with Crippen molar-refractivity contribution in [1.82, 2.24) is 0 Å². The number of rotatable bonds is 5. The van der Waals surface area contributed by atoms with E-state index in [1.807, 2.05) is 36.4 Å². The third-order valence-electron chi connectivity index (χ3n) is 4.72. The van der Waals surface area contributed by atoms with E-state index in [0.29, 0.717) is 22.8 Å². The van der Waals surface area contributed by atoms with Crippen LogP contribution in [0.25, 0.3) is 6.08 Å². The SMILES string of the molecule is O=C1/C(=C\c2cc(Br)ccc2OCc2ccccc2)SC(=S)N1c1cccc(C(F)(F)F)c1. The molecule has 0 atom stereocenters. The number of carbonyl (C=O) groups is 1. The number of halogens is 4. The van der Waals surface area contributed by atoms with Gasteiger partial charge in [-0.05, 0) is 48.0 Å². The number of hydrogen-bond donors (Lipinski definition) is 0. The Hall–Kier alpha value is -2.62. The van der Waals surface area contributed by atoms with Gasteiger partial charge in [0.25, 0.3) is 5.91 Å². The van der Waals surface area contributed by atoms with Crippen molar-refractivity contribution in [3.8, 4) is 5.75 Å². The fourth-order valence-electron chi connectivity index (χ4n) is 3.15. The summed E-state index contributed by atoms with van der Waals surface area (Å²) in [5.74, 6) is 0.0738. The van der Waals surface area contributed by atoms with E-state index in [1.165, 1.54) is 12.1 Å². The lowest BCUT2D eigenvalue weighted by Gasteiger charge is -2.16. The number of anilines is 1. The van der Waals surface area contributed by atoms with E-state index < -0.39 is 17.6 Å². The van der Waals surface area contributed by atoms with Gasteiger partial charge in [-0.1, -0.05) is 76.3 Å². The maximum Gasteiger partial charge on any atom is 0.416 e. The molecule has 0 saturated carbocycles. The van der Waals surface area contributed by atoms with E-state index in [1.54, 1.807) is 18.2 Å². The predicted octanol–water partition coefficient (Wildman–Crippen LogP) is 7.45. The first-order chi connectivity index (χ1) is 15.7. The summed E-state index contributed by atoms with van der Waals surface area (Å²) in [6.45, 7) is 0.342. The molecule has 1 fully saturated rings. The molecule has 1 aliphatic heterocycles. The highest BCUT2D eigenvalue weighted by Gasteiger charge is 2.36. The number of thioether (sulfide) groups is 1. The number of benzene rings is 3. The number of alkyl halides is 3. The van der Waals surface area contributed by atoms with Gasteiger partial charge in [-0.2, -0.15) is 13.2 Å². The highest BCUT2D eigenvalue weighted by molar-refractivity contribution is 9.10. The molecule has 0 aromatic heterocycles. The molecule has 4 rings (SSSR count). The summed E-state index contributed by atoms with van der Waals surface area (Å²) in [7, 11) is 0. The Balaban J connectivity index is 1.62. The van der Waals surface area contributed by atoms with Gasteiger partial charge >= 0.3 is 6.18 Å². The van der Waals surface area contributed by atoms with Crippen LogP contribution in [0.2, 0.25) is 0 Å². The molecule has 0 bridgehead atoms. The smallest absolute Gasteiger partial charge is 0.416 e. The molecular weight excluding hydrogens is 535 g/mol. The second kappa shape index (κ2) is 9.70. The van der Waals surface area contributed by atoms with Gasteiger partial charge in [0, 0.05) is 10.0 Å². The molecule has 33 heavy (non-hydrogen) atoms. The minimum atomic E-state index is -4.52. The minimum absolute atomic E-state index is 0.0746. The molecule has 3 nitrogen and oxygen atoms in total. The largest absolute Gasteiger partial charge is 0.488 e. The predicted molar refractivity (Wildman–Crippen MR) is 132 cm³/mol. The van der Waals surface area contributed by atoms with Crippen LogP contribution in [0.3, 0.4) is 0 Å². The minimum Gasteiger partial charge on any atom is -0.488 e. The molecule has 0 spiro atoms. The van der Waals surface area contributed by atoms with Crippen molar-refractivity contribution in [3.63, 3.8) is 0 Å². The second-order valence-corrected chi connectivity index (χ2v) is 9.61. The van der Waals surface area contributed by atoms with Crippen LogP contribution in [0, 0.1) is 0 Å².